The minimum Gasteiger partial charge on any atom is -0.387 e. The number of H-pyrrole nitrogens is 1. The first-order chi connectivity index (χ1) is 10.7. The first-order valence-electron chi connectivity index (χ1n) is 6.45. The number of aliphatic hydroxyl groups excluding tert-OH is 1. The molecule has 3 heterocycles. The molecular formula is C11H12F2N2O7P+. The predicted molar refractivity (Wildman–Crippen MR) is 69.5 cm³/mol. The molecule has 9 nitrogen and oxygen atoms in total. The van der Waals surface area contributed by atoms with Crippen molar-refractivity contribution in [2.24, 2.45) is 0 Å². The van der Waals surface area contributed by atoms with Crippen LogP contribution in [-0.2, 0) is 18.6 Å². The van der Waals surface area contributed by atoms with Gasteiger partial charge in [0.25, 0.3) is 5.56 Å². The van der Waals surface area contributed by atoms with E-state index in [1.807, 2.05) is 4.98 Å². The van der Waals surface area contributed by atoms with E-state index in [-0.39, 0.29) is 0 Å². The summed E-state index contributed by atoms with van der Waals surface area (Å²) in [6.07, 6.45) is -7.64. The fraction of sp³-hybridized carbons (Fsp3) is 0.636. The average Bonchev–Trinajstić information content (AvgIpc) is 2.81. The van der Waals surface area contributed by atoms with Gasteiger partial charge in [0.1, 0.15) is 18.8 Å². The van der Waals surface area contributed by atoms with Gasteiger partial charge in [-0.05, 0) is 4.57 Å². The van der Waals surface area contributed by atoms with Gasteiger partial charge in [0.05, 0.1) is 0 Å². The van der Waals surface area contributed by atoms with Crippen LogP contribution in [0.25, 0.3) is 0 Å². The van der Waals surface area contributed by atoms with E-state index in [2.05, 4.69) is 4.74 Å². The maximum Gasteiger partial charge on any atom is 0.504 e. The minimum absolute atomic E-state index is 0.678. The SMILES string of the molecule is C[P+](=O)OC[C@]12O[C@@H](n3ccc(=O)[nH]c3=O)[C@H](OC1(F)F)[C@@H]2O. The molecule has 5 atom stereocenters. The van der Waals surface area contributed by atoms with Gasteiger partial charge in [-0.25, -0.2) is 4.79 Å². The van der Waals surface area contributed by atoms with Crippen LogP contribution in [0.3, 0.4) is 0 Å². The summed E-state index contributed by atoms with van der Waals surface area (Å²) in [6.45, 7) is 0.265. The Bertz CT molecular complexity index is 765. The third-order valence-electron chi connectivity index (χ3n) is 3.76. The molecule has 1 aromatic rings. The lowest BCUT2D eigenvalue weighted by molar-refractivity contribution is -0.370. The molecule has 0 aliphatic carbocycles. The zero-order valence-corrected chi connectivity index (χ0v) is 12.5. The maximum absolute atomic E-state index is 14.0. The topological polar surface area (TPSA) is 120 Å². The number of aliphatic hydroxyl groups is 1. The first kappa shape index (κ1) is 16.3. The Morgan fingerprint density at radius 3 is 2.78 bits per heavy atom. The summed E-state index contributed by atoms with van der Waals surface area (Å²) in [6, 6.07) is 0.993. The summed E-state index contributed by atoms with van der Waals surface area (Å²) in [7, 11) is -2.22. The Morgan fingerprint density at radius 1 is 1.48 bits per heavy atom. The zero-order chi connectivity index (χ0) is 17.0. The Hall–Kier alpha value is -1.52. The van der Waals surface area contributed by atoms with Crippen LogP contribution in [0, 0.1) is 0 Å². The van der Waals surface area contributed by atoms with Gasteiger partial charge in [0.2, 0.25) is 5.60 Å². The molecule has 2 N–H and O–H groups in total. The van der Waals surface area contributed by atoms with Crippen LogP contribution in [0.2, 0.25) is 0 Å². The molecule has 2 bridgehead atoms. The molecule has 0 spiro atoms. The van der Waals surface area contributed by atoms with E-state index in [1.54, 1.807) is 0 Å². The lowest BCUT2D eigenvalue weighted by Crippen LogP contribution is -2.55. The van der Waals surface area contributed by atoms with E-state index in [0.717, 1.165) is 23.5 Å². The second-order valence-electron chi connectivity index (χ2n) is 5.17. The molecule has 0 amide bonds. The Kier molecular flexibility index (Phi) is 3.73. The molecule has 23 heavy (non-hydrogen) atoms. The molecule has 0 aromatic carbocycles. The second-order valence-corrected chi connectivity index (χ2v) is 6.31. The number of aromatic nitrogens is 2. The number of ether oxygens (including phenoxy) is 2. The number of halogens is 2. The highest BCUT2D eigenvalue weighted by Crippen LogP contribution is 2.55. The van der Waals surface area contributed by atoms with Crippen molar-refractivity contribution in [2.75, 3.05) is 13.3 Å². The summed E-state index contributed by atoms with van der Waals surface area (Å²) in [4.78, 5) is 24.8. The number of aromatic amines is 1. The summed E-state index contributed by atoms with van der Waals surface area (Å²) >= 11 is 0. The van der Waals surface area contributed by atoms with Crippen LogP contribution in [0.5, 0.6) is 0 Å². The summed E-state index contributed by atoms with van der Waals surface area (Å²) in [5.74, 6) is 0. The van der Waals surface area contributed by atoms with E-state index >= 15 is 0 Å². The van der Waals surface area contributed by atoms with E-state index in [4.69, 9.17) is 9.26 Å². The molecule has 0 saturated carbocycles. The Balaban J connectivity index is 1.98. The third-order valence-corrected chi connectivity index (χ3v) is 4.26. The lowest BCUT2D eigenvalue weighted by Gasteiger charge is -2.35. The summed E-state index contributed by atoms with van der Waals surface area (Å²) in [5, 5.41) is 10.1. The van der Waals surface area contributed by atoms with Gasteiger partial charge in [-0.15, -0.1) is 4.52 Å². The average molecular weight is 353 g/mol. The summed E-state index contributed by atoms with van der Waals surface area (Å²) < 4.78 is 54.3. The fourth-order valence-corrected chi connectivity index (χ4v) is 3.01. The van der Waals surface area contributed by atoms with Crippen LogP contribution in [0.1, 0.15) is 6.23 Å². The number of nitrogens with one attached hydrogen (secondary N) is 1. The van der Waals surface area contributed by atoms with Gasteiger partial charge in [-0.3, -0.25) is 14.3 Å². The number of hydrogen-bond donors (Lipinski definition) is 2. The highest BCUT2D eigenvalue weighted by atomic mass is 31.1. The smallest absolute Gasteiger partial charge is 0.387 e. The molecule has 2 aliphatic rings. The van der Waals surface area contributed by atoms with Crippen molar-refractivity contribution in [2.45, 2.75) is 30.1 Å². The molecule has 126 valence electrons. The van der Waals surface area contributed by atoms with Gasteiger partial charge < -0.3 is 14.6 Å². The quantitative estimate of drug-likeness (QED) is 0.703. The van der Waals surface area contributed by atoms with Crippen LogP contribution in [0.4, 0.5) is 8.78 Å². The number of nitrogens with zero attached hydrogens (tertiary/aromatic N) is 1. The number of rotatable bonds is 4. The van der Waals surface area contributed by atoms with Crippen molar-refractivity contribution in [3.63, 3.8) is 0 Å². The van der Waals surface area contributed by atoms with Crippen molar-refractivity contribution in [3.8, 4) is 0 Å². The van der Waals surface area contributed by atoms with Gasteiger partial charge in [0.15, 0.2) is 12.9 Å². The van der Waals surface area contributed by atoms with Crippen molar-refractivity contribution >= 4 is 8.03 Å². The number of hydrogen-bond acceptors (Lipinski definition) is 7. The standard InChI is InChI=1S/C11H11F2N2O7P/c1-23(19)20-4-10-7(17)6(21-11(10,12)13)8(22-10)15-3-2-5(16)14-9(15)18/h2-3,6-8,17H,4H2,1H3/p+1/t6-,7+,8-,10-/m1/s1. The Morgan fingerprint density at radius 2 is 2.17 bits per heavy atom. The van der Waals surface area contributed by atoms with Crippen molar-refractivity contribution in [1.82, 2.24) is 9.55 Å². The van der Waals surface area contributed by atoms with E-state index in [9.17, 15) is 28.0 Å². The largest absolute Gasteiger partial charge is 0.504 e. The van der Waals surface area contributed by atoms with Gasteiger partial charge in [0, 0.05) is 12.3 Å². The van der Waals surface area contributed by atoms with Crippen molar-refractivity contribution in [1.29, 1.82) is 0 Å². The van der Waals surface area contributed by atoms with E-state index < -0.39 is 56.0 Å². The zero-order valence-electron chi connectivity index (χ0n) is 11.6. The molecule has 1 unspecified atom stereocenters. The molecular weight excluding hydrogens is 341 g/mol. The molecule has 2 fully saturated rings. The highest BCUT2D eigenvalue weighted by molar-refractivity contribution is 7.38. The maximum atomic E-state index is 14.0. The van der Waals surface area contributed by atoms with Crippen LogP contribution >= 0.6 is 8.03 Å². The predicted octanol–water partition coefficient (Wildman–Crippen LogP) is -0.455. The van der Waals surface area contributed by atoms with Crippen LogP contribution < -0.4 is 11.2 Å². The molecule has 1 aromatic heterocycles. The highest BCUT2D eigenvalue weighted by Gasteiger charge is 2.78. The minimum atomic E-state index is -3.90. The fourth-order valence-electron chi connectivity index (χ4n) is 2.64. The number of fused-ring (bicyclic) bond motifs is 2. The Labute approximate surface area is 127 Å². The molecule has 12 heteroatoms. The number of alkyl halides is 2. The van der Waals surface area contributed by atoms with Crippen LogP contribution in [0.15, 0.2) is 21.9 Å². The van der Waals surface area contributed by atoms with Gasteiger partial charge >= 0.3 is 19.8 Å². The summed E-state index contributed by atoms with van der Waals surface area (Å²) in [5.41, 5.74) is -4.19. The van der Waals surface area contributed by atoms with Crippen molar-refractivity contribution < 1.29 is 32.4 Å². The monoisotopic (exact) mass is 353 g/mol. The molecule has 3 rings (SSSR count). The van der Waals surface area contributed by atoms with Gasteiger partial charge in [-0.1, -0.05) is 0 Å². The third kappa shape index (κ3) is 2.36. The second kappa shape index (κ2) is 5.25. The molecule has 2 aliphatic heterocycles. The lowest BCUT2D eigenvalue weighted by atomic mass is 9.98. The molecule has 0 radical (unpaired) electrons. The van der Waals surface area contributed by atoms with E-state index in [1.165, 1.54) is 0 Å². The van der Waals surface area contributed by atoms with Crippen molar-refractivity contribution in [3.05, 3.63) is 33.1 Å². The van der Waals surface area contributed by atoms with E-state index in [0.29, 0.717) is 0 Å². The first-order valence-corrected chi connectivity index (χ1v) is 8.07. The normalized spacial score (nSPS) is 35.5. The van der Waals surface area contributed by atoms with Gasteiger partial charge in [-0.2, -0.15) is 8.78 Å². The molecule has 2 saturated heterocycles. The van der Waals surface area contributed by atoms with Crippen LogP contribution in [-0.4, -0.2) is 51.8 Å².